The van der Waals surface area contributed by atoms with Gasteiger partial charge in [-0.25, -0.2) is 5.10 Å². The molecule has 3 aliphatic rings. The van der Waals surface area contributed by atoms with E-state index in [0.717, 1.165) is 23.6 Å². The molecule has 6 rings (SSSR count). The highest BCUT2D eigenvalue weighted by atomic mass is 32.2. The Morgan fingerprint density at radius 3 is 2.52 bits per heavy atom. The first-order valence-electron chi connectivity index (χ1n) is 10.9. The number of nitrogens with zero attached hydrogens (tertiary/aromatic N) is 4. The predicted octanol–water partition coefficient (Wildman–Crippen LogP) is 3.28. The van der Waals surface area contributed by atoms with Crippen LogP contribution >= 0.6 is 11.8 Å². The third-order valence-corrected chi connectivity index (χ3v) is 7.54. The Balaban J connectivity index is 1.23. The molecule has 1 aromatic carbocycles. The molecule has 0 bridgehead atoms. The van der Waals surface area contributed by atoms with Crippen molar-refractivity contribution in [2.45, 2.75) is 54.3 Å². The van der Waals surface area contributed by atoms with Crippen LogP contribution in [0.15, 0.2) is 22.3 Å². The topological polar surface area (TPSA) is 89.9 Å². The molecule has 162 valence electrons. The fraction of sp³-hybridized carbons (Fsp3) is 0.500. The minimum absolute atomic E-state index is 0.402. The number of nitrogens with one attached hydrogen (secondary N) is 2. The van der Waals surface area contributed by atoms with Crippen molar-refractivity contribution in [2.75, 3.05) is 25.6 Å². The molecule has 0 unspecified atom stereocenters. The van der Waals surface area contributed by atoms with Crippen LogP contribution in [-0.4, -0.2) is 45.3 Å². The third-order valence-electron chi connectivity index (χ3n) is 6.76. The monoisotopic (exact) mass is 438 g/mol. The van der Waals surface area contributed by atoms with Crippen molar-refractivity contribution in [1.29, 1.82) is 0 Å². The molecule has 0 atom stereocenters. The second-order valence-electron chi connectivity index (χ2n) is 8.61. The number of hydrogen-bond donors (Lipinski definition) is 2. The van der Waals surface area contributed by atoms with E-state index in [9.17, 15) is 0 Å². The molecular formula is C22H26N6O2S. The van der Waals surface area contributed by atoms with Crippen LogP contribution in [0.2, 0.25) is 0 Å². The molecule has 2 aliphatic carbocycles. The molecule has 1 saturated heterocycles. The maximum absolute atomic E-state index is 5.71. The zero-order chi connectivity index (χ0) is 21.0. The van der Waals surface area contributed by atoms with Gasteiger partial charge in [-0.1, -0.05) is 6.07 Å². The number of ether oxygens (including phenoxy) is 2. The fourth-order valence-corrected chi connectivity index (χ4v) is 5.85. The first-order valence-corrected chi connectivity index (χ1v) is 11.7. The Kier molecular flexibility index (Phi) is 4.59. The van der Waals surface area contributed by atoms with Crippen molar-refractivity contribution in [3.05, 3.63) is 40.1 Å². The SMILES string of the molecule is COC1(c2cc(Sc3n[nH]c(Nc4c5c(cc6c4CCC6)CCC5)n3)nn2C)COC1. The number of anilines is 2. The number of H-pyrrole nitrogens is 1. The van der Waals surface area contributed by atoms with Crippen LogP contribution in [0.25, 0.3) is 0 Å². The second-order valence-corrected chi connectivity index (χ2v) is 9.60. The lowest BCUT2D eigenvalue weighted by Gasteiger charge is -2.39. The molecule has 1 fully saturated rings. The molecule has 8 nitrogen and oxygen atoms in total. The summed E-state index contributed by atoms with van der Waals surface area (Å²) >= 11 is 1.44. The number of benzene rings is 1. The van der Waals surface area contributed by atoms with Crippen LogP contribution in [0.4, 0.5) is 11.6 Å². The summed E-state index contributed by atoms with van der Waals surface area (Å²) in [5, 5.41) is 17.2. The predicted molar refractivity (Wildman–Crippen MR) is 117 cm³/mol. The van der Waals surface area contributed by atoms with E-state index in [0.29, 0.717) is 24.3 Å². The van der Waals surface area contributed by atoms with Crippen molar-refractivity contribution >= 4 is 23.4 Å². The summed E-state index contributed by atoms with van der Waals surface area (Å²) in [7, 11) is 3.65. The van der Waals surface area contributed by atoms with E-state index in [2.05, 4.69) is 31.7 Å². The first kappa shape index (κ1) is 19.3. The zero-order valence-corrected chi connectivity index (χ0v) is 18.6. The van der Waals surface area contributed by atoms with Gasteiger partial charge in [0, 0.05) is 19.8 Å². The molecule has 0 spiro atoms. The minimum atomic E-state index is -0.402. The van der Waals surface area contributed by atoms with E-state index in [1.165, 1.54) is 65.4 Å². The van der Waals surface area contributed by atoms with Gasteiger partial charge >= 0.3 is 0 Å². The van der Waals surface area contributed by atoms with Gasteiger partial charge < -0.3 is 14.8 Å². The number of aromatic nitrogens is 5. The molecule has 3 aromatic rings. The van der Waals surface area contributed by atoms with Gasteiger partial charge in [0.25, 0.3) is 0 Å². The summed E-state index contributed by atoms with van der Waals surface area (Å²) in [6, 6.07) is 4.48. The van der Waals surface area contributed by atoms with Crippen molar-refractivity contribution in [1.82, 2.24) is 25.0 Å². The maximum Gasteiger partial charge on any atom is 0.224 e. The maximum atomic E-state index is 5.71. The van der Waals surface area contributed by atoms with E-state index in [1.807, 2.05) is 17.8 Å². The van der Waals surface area contributed by atoms with Crippen LogP contribution in [0, 0.1) is 0 Å². The molecule has 2 aromatic heterocycles. The van der Waals surface area contributed by atoms with Crippen LogP contribution in [0.1, 0.15) is 40.8 Å². The highest BCUT2D eigenvalue weighted by molar-refractivity contribution is 7.99. The van der Waals surface area contributed by atoms with Crippen LogP contribution in [0.5, 0.6) is 0 Å². The summed E-state index contributed by atoms with van der Waals surface area (Å²) < 4.78 is 12.9. The number of rotatable bonds is 6. The van der Waals surface area contributed by atoms with E-state index in [1.54, 1.807) is 7.11 Å². The first-order chi connectivity index (χ1) is 15.1. The lowest BCUT2D eigenvalue weighted by atomic mass is 9.97. The van der Waals surface area contributed by atoms with Gasteiger partial charge in [0.1, 0.15) is 5.03 Å². The van der Waals surface area contributed by atoms with Crippen LogP contribution in [0.3, 0.4) is 0 Å². The van der Waals surface area contributed by atoms with E-state index >= 15 is 0 Å². The molecule has 3 heterocycles. The van der Waals surface area contributed by atoms with Crippen molar-refractivity contribution in [3.63, 3.8) is 0 Å². The molecule has 0 radical (unpaired) electrons. The number of aromatic amines is 1. The Bertz CT molecular complexity index is 1110. The summed E-state index contributed by atoms with van der Waals surface area (Å²) in [6.45, 7) is 1.10. The van der Waals surface area contributed by atoms with Gasteiger partial charge in [0.05, 0.1) is 18.9 Å². The van der Waals surface area contributed by atoms with Gasteiger partial charge in [-0.2, -0.15) is 10.1 Å². The number of hydrogen-bond acceptors (Lipinski definition) is 7. The summed E-state index contributed by atoms with van der Waals surface area (Å²) in [4.78, 5) is 4.69. The standard InChI is InChI=1S/C22H26N6O2S/c1-28-17(22(29-2)11-30-12-22)10-18(27-28)31-21-24-20(25-26-21)23-19-15-7-3-5-13(15)9-14-6-4-8-16(14)19/h9-10H,3-8,11-12H2,1-2H3,(H2,23,24,25,26). The molecule has 9 heteroatoms. The molecule has 1 aliphatic heterocycles. The van der Waals surface area contributed by atoms with Crippen LogP contribution < -0.4 is 5.32 Å². The number of methoxy groups -OCH3 is 1. The molecule has 0 amide bonds. The van der Waals surface area contributed by atoms with Gasteiger partial charge in [0.15, 0.2) is 5.60 Å². The molecular weight excluding hydrogens is 412 g/mol. The smallest absolute Gasteiger partial charge is 0.224 e. The summed E-state index contributed by atoms with van der Waals surface area (Å²) in [5.41, 5.74) is 7.81. The minimum Gasteiger partial charge on any atom is -0.374 e. The van der Waals surface area contributed by atoms with E-state index in [4.69, 9.17) is 9.47 Å². The molecule has 31 heavy (non-hydrogen) atoms. The summed E-state index contributed by atoms with van der Waals surface area (Å²) in [6.07, 6.45) is 7.13. The lowest BCUT2D eigenvalue weighted by Crippen LogP contribution is -2.49. The third kappa shape index (κ3) is 3.18. The van der Waals surface area contributed by atoms with Gasteiger partial charge in [-0.3, -0.25) is 4.68 Å². The Morgan fingerprint density at radius 1 is 1.13 bits per heavy atom. The lowest BCUT2D eigenvalue weighted by molar-refractivity contribution is -0.206. The van der Waals surface area contributed by atoms with Crippen molar-refractivity contribution < 1.29 is 9.47 Å². The Morgan fingerprint density at radius 2 is 1.87 bits per heavy atom. The van der Waals surface area contributed by atoms with Gasteiger partial charge in [-0.05, 0) is 78.6 Å². The summed E-state index contributed by atoms with van der Waals surface area (Å²) in [5.74, 6) is 0.689. The van der Waals surface area contributed by atoms with Gasteiger partial charge in [-0.15, -0.1) is 5.10 Å². The quantitative estimate of drug-likeness (QED) is 0.610. The van der Waals surface area contributed by atoms with Crippen molar-refractivity contribution in [2.24, 2.45) is 7.05 Å². The number of aryl methyl sites for hydroxylation is 3. The number of fused-ring (bicyclic) bond motifs is 2. The Hall–Kier alpha value is -2.36. The average Bonchev–Trinajstić information content (AvgIpc) is 3.50. The average molecular weight is 439 g/mol. The van der Waals surface area contributed by atoms with Crippen molar-refractivity contribution in [3.8, 4) is 0 Å². The molecule has 2 N–H and O–H groups in total. The normalized spacial score (nSPS) is 18.6. The Labute approximate surface area is 185 Å². The largest absolute Gasteiger partial charge is 0.374 e. The second kappa shape index (κ2) is 7.36. The highest BCUT2D eigenvalue weighted by Crippen LogP contribution is 2.40. The van der Waals surface area contributed by atoms with E-state index < -0.39 is 5.60 Å². The van der Waals surface area contributed by atoms with Gasteiger partial charge in [0.2, 0.25) is 11.1 Å². The van der Waals surface area contributed by atoms with Crippen LogP contribution in [-0.2, 0) is 47.8 Å². The zero-order valence-electron chi connectivity index (χ0n) is 17.8. The fourth-order valence-electron chi connectivity index (χ4n) is 5.10. The highest BCUT2D eigenvalue weighted by Gasteiger charge is 2.43. The van der Waals surface area contributed by atoms with E-state index in [-0.39, 0.29) is 0 Å². The molecule has 0 saturated carbocycles.